The Morgan fingerprint density at radius 3 is 2.84 bits per heavy atom. The fourth-order valence-electron chi connectivity index (χ4n) is 3.71. The van der Waals surface area contributed by atoms with Crippen molar-refractivity contribution in [1.82, 2.24) is 15.3 Å². The molecular weight excluding hydrogens is 312 g/mol. The molecule has 2 aliphatic rings. The largest absolute Gasteiger partial charge is 0.377 e. The topological polar surface area (TPSA) is 50.3 Å². The summed E-state index contributed by atoms with van der Waals surface area (Å²) in [7, 11) is 0. The highest BCUT2D eigenvalue weighted by Gasteiger charge is 2.26. The van der Waals surface area contributed by atoms with Gasteiger partial charge in [0.2, 0.25) is 0 Å². The highest BCUT2D eigenvalue weighted by molar-refractivity contribution is 5.51. The van der Waals surface area contributed by atoms with E-state index < -0.39 is 0 Å². The zero-order valence-electron chi connectivity index (χ0n) is 14.9. The van der Waals surface area contributed by atoms with Crippen LogP contribution in [-0.4, -0.2) is 48.9 Å². The van der Waals surface area contributed by atoms with Crippen molar-refractivity contribution >= 4 is 5.82 Å². The lowest BCUT2D eigenvalue weighted by Crippen LogP contribution is -2.45. The van der Waals surface area contributed by atoms with Crippen molar-refractivity contribution in [2.24, 2.45) is 0 Å². The molecular formula is C20H26N4O. The van der Waals surface area contributed by atoms with Gasteiger partial charge >= 0.3 is 0 Å². The van der Waals surface area contributed by atoms with Crippen LogP contribution in [0.4, 0.5) is 5.82 Å². The maximum atomic E-state index is 5.63. The van der Waals surface area contributed by atoms with Crippen LogP contribution in [0, 0.1) is 0 Å². The van der Waals surface area contributed by atoms with Gasteiger partial charge in [0, 0.05) is 31.5 Å². The van der Waals surface area contributed by atoms with Crippen molar-refractivity contribution in [3.63, 3.8) is 0 Å². The molecule has 1 fully saturated rings. The van der Waals surface area contributed by atoms with Gasteiger partial charge in [-0.1, -0.05) is 30.3 Å². The standard InChI is InChI=1S/C20H26N4O/c1-15-14-25-12-11-24(15)20-17-7-9-21-10-8-18(17)22-19(23-20)13-16-5-3-2-4-6-16/h2-6,15,21H,7-14H2,1H3/t15-/m0/s1. The summed E-state index contributed by atoms with van der Waals surface area (Å²) in [5.41, 5.74) is 3.81. The molecule has 1 N–H and O–H groups in total. The monoisotopic (exact) mass is 338 g/mol. The third-order valence-electron chi connectivity index (χ3n) is 5.05. The fraction of sp³-hybridized carbons (Fsp3) is 0.500. The predicted molar refractivity (Wildman–Crippen MR) is 99.2 cm³/mol. The minimum absolute atomic E-state index is 0.355. The van der Waals surface area contributed by atoms with E-state index in [1.807, 2.05) is 6.07 Å². The smallest absolute Gasteiger partial charge is 0.136 e. The van der Waals surface area contributed by atoms with Gasteiger partial charge in [-0.3, -0.25) is 0 Å². The van der Waals surface area contributed by atoms with Gasteiger partial charge in [-0.2, -0.15) is 0 Å². The van der Waals surface area contributed by atoms with Gasteiger partial charge < -0.3 is 15.0 Å². The zero-order chi connectivity index (χ0) is 17.1. The second-order valence-electron chi connectivity index (χ2n) is 6.92. The van der Waals surface area contributed by atoms with E-state index in [2.05, 4.69) is 41.4 Å². The Kier molecular flexibility index (Phi) is 4.95. The Balaban J connectivity index is 1.73. The van der Waals surface area contributed by atoms with E-state index in [9.17, 15) is 0 Å². The minimum atomic E-state index is 0.355. The van der Waals surface area contributed by atoms with Crippen molar-refractivity contribution in [3.8, 4) is 0 Å². The first kappa shape index (κ1) is 16.5. The number of anilines is 1. The molecule has 1 atom stereocenters. The minimum Gasteiger partial charge on any atom is -0.377 e. The van der Waals surface area contributed by atoms with Crippen molar-refractivity contribution in [1.29, 1.82) is 0 Å². The summed E-state index contributed by atoms with van der Waals surface area (Å²) in [5.74, 6) is 2.07. The third-order valence-corrected chi connectivity index (χ3v) is 5.05. The van der Waals surface area contributed by atoms with Gasteiger partial charge in [0.15, 0.2) is 0 Å². The number of fused-ring (bicyclic) bond motifs is 1. The molecule has 5 heteroatoms. The maximum Gasteiger partial charge on any atom is 0.136 e. The highest BCUT2D eigenvalue weighted by Crippen LogP contribution is 2.27. The number of ether oxygens (including phenoxy) is 1. The lowest BCUT2D eigenvalue weighted by molar-refractivity contribution is 0.0984. The summed E-state index contributed by atoms with van der Waals surface area (Å²) in [6, 6.07) is 10.9. The van der Waals surface area contributed by atoms with Gasteiger partial charge in [0.05, 0.1) is 24.9 Å². The average Bonchev–Trinajstić information content (AvgIpc) is 2.88. The summed E-state index contributed by atoms with van der Waals surface area (Å²) in [6.07, 6.45) is 2.76. The van der Waals surface area contributed by atoms with Crippen LogP contribution in [0.25, 0.3) is 0 Å². The van der Waals surface area contributed by atoms with Crippen LogP contribution in [-0.2, 0) is 24.0 Å². The van der Waals surface area contributed by atoms with Crippen molar-refractivity contribution in [2.45, 2.75) is 32.2 Å². The fourth-order valence-corrected chi connectivity index (χ4v) is 3.71. The van der Waals surface area contributed by atoms with E-state index in [1.54, 1.807) is 0 Å². The number of nitrogens with zero attached hydrogens (tertiary/aromatic N) is 3. The zero-order valence-corrected chi connectivity index (χ0v) is 14.9. The SMILES string of the molecule is C[C@H]1COCCN1c1nc(Cc2ccccc2)nc2c1CCNCC2. The predicted octanol–water partition coefficient (Wildman–Crippen LogP) is 1.98. The van der Waals surface area contributed by atoms with E-state index in [0.717, 1.165) is 63.8 Å². The lowest BCUT2D eigenvalue weighted by atomic mass is 10.1. The summed E-state index contributed by atoms with van der Waals surface area (Å²) in [4.78, 5) is 12.4. The molecule has 1 aromatic heterocycles. The molecule has 0 aliphatic carbocycles. The second-order valence-corrected chi connectivity index (χ2v) is 6.92. The Bertz CT molecular complexity index is 719. The molecule has 2 aliphatic heterocycles. The van der Waals surface area contributed by atoms with Crippen LogP contribution in [0.2, 0.25) is 0 Å². The van der Waals surface area contributed by atoms with Crippen molar-refractivity contribution < 1.29 is 4.74 Å². The molecule has 0 spiro atoms. The van der Waals surface area contributed by atoms with Gasteiger partial charge in [0.1, 0.15) is 11.6 Å². The summed E-state index contributed by atoms with van der Waals surface area (Å²) in [6.45, 7) is 6.66. The van der Waals surface area contributed by atoms with E-state index in [4.69, 9.17) is 14.7 Å². The first-order valence-electron chi connectivity index (χ1n) is 9.29. The van der Waals surface area contributed by atoms with Crippen LogP contribution in [0.3, 0.4) is 0 Å². The summed E-state index contributed by atoms with van der Waals surface area (Å²) >= 11 is 0. The number of benzene rings is 1. The van der Waals surface area contributed by atoms with E-state index in [1.165, 1.54) is 16.8 Å². The molecule has 0 radical (unpaired) electrons. The lowest BCUT2D eigenvalue weighted by Gasteiger charge is -2.36. The molecule has 132 valence electrons. The molecule has 4 rings (SSSR count). The van der Waals surface area contributed by atoms with E-state index in [-0.39, 0.29) is 0 Å². The Morgan fingerprint density at radius 2 is 2.00 bits per heavy atom. The van der Waals surface area contributed by atoms with Crippen LogP contribution in [0.15, 0.2) is 30.3 Å². The number of morpholine rings is 1. The normalized spacial score (nSPS) is 20.8. The second kappa shape index (κ2) is 7.50. The molecule has 25 heavy (non-hydrogen) atoms. The average molecular weight is 338 g/mol. The van der Waals surface area contributed by atoms with Crippen molar-refractivity contribution in [3.05, 3.63) is 53.0 Å². The summed E-state index contributed by atoms with van der Waals surface area (Å²) in [5, 5.41) is 3.49. The van der Waals surface area contributed by atoms with Gasteiger partial charge in [-0.25, -0.2) is 9.97 Å². The Labute approximate surface area is 149 Å². The van der Waals surface area contributed by atoms with Crippen LogP contribution >= 0.6 is 0 Å². The first-order valence-corrected chi connectivity index (χ1v) is 9.29. The molecule has 5 nitrogen and oxygen atoms in total. The highest BCUT2D eigenvalue weighted by atomic mass is 16.5. The van der Waals surface area contributed by atoms with Gasteiger partial charge in [-0.05, 0) is 25.5 Å². The number of aromatic nitrogens is 2. The van der Waals surface area contributed by atoms with Gasteiger partial charge in [0.25, 0.3) is 0 Å². The molecule has 3 heterocycles. The molecule has 0 bridgehead atoms. The molecule has 0 saturated carbocycles. The van der Waals surface area contributed by atoms with Crippen LogP contribution in [0.5, 0.6) is 0 Å². The van der Waals surface area contributed by atoms with E-state index >= 15 is 0 Å². The first-order chi connectivity index (χ1) is 12.3. The van der Waals surface area contributed by atoms with Gasteiger partial charge in [-0.15, -0.1) is 0 Å². The Morgan fingerprint density at radius 1 is 1.16 bits per heavy atom. The maximum absolute atomic E-state index is 5.63. The van der Waals surface area contributed by atoms with Crippen LogP contribution in [0.1, 0.15) is 29.6 Å². The van der Waals surface area contributed by atoms with Crippen LogP contribution < -0.4 is 10.2 Å². The molecule has 0 unspecified atom stereocenters. The number of rotatable bonds is 3. The number of nitrogens with one attached hydrogen (secondary N) is 1. The molecule has 1 saturated heterocycles. The molecule has 0 amide bonds. The number of hydrogen-bond acceptors (Lipinski definition) is 5. The summed E-state index contributed by atoms with van der Waals surface area (Å²) < 4.78 is 5.63. The Hall–Kier alpha value is -1.98. The number of hydrogen-bond donors (Lipinski definition) is 1. The quantitative estimate of drug-likeness (QED) is 0.927. The molecule has 1 aromatic carbocycles. The third kappa shape index (κ3) is 3.67. The van der Waals surface area contributed by atoms with E-state index in [0.29, 0.717) is 6.04 Å². The molecule has 2 aromatic rings. The van der Waals surface area contributed by atoms with Crippen molar-refractivity contribution in [2.75, 3.05) is 37.7 Å².